The van der Waals surface area contributed by atoms with Crippen LogP contribution in [0, 0.1) is 13.8 Å². The van der Waals surface area contributed by atoms with Gasteiger partial charge < -0.3 is 9.42 Å². The zero-order valence-corrected chi connectivity index (χ0v) is 19.2. The number of aryl methyl sites for hydroxylation is 2. The van der Waals surface area contributed by atoms with Gasteiger partial charge in [0, 0.05) is 31.6 Å². The summed E-state index contributed by atoms with van der Waals surface area (Å²) in [5.41, 5.74) is 0.256. The molecule has 4 rings (SSSR count). The van der Waals surface area contributed by atoms with Gasteiger partial charge in [0.2, 0.25) is 10.0 Å². The number of carbonyl (C=O) groups is 1. The molecule has 1 fully saturated rings. The Morgan fingerprint density at radius 1 is 1.06 bits per heavy atom. The highest BCUT2D eigenvalue weighted by Crippen LogP contribution is 2.25. The van der Waals surface area contributed by atoms with E-state index in [1.165, 1.54) is 8.99 Å². The molecule has 10 nitrogen and oxygen atoms in total. The molecule has 0 aliphatic carbocycles. The molecule has 0 radical (unpaired) electrons. The Kier molecular flexibility index (Phi) is 5.63. The minimum Gasteiger partial charge on any atom is -0.360 e. The van der Waals surface area contributed by atoms with Crippen LogP contribution in [0.5, 0.6) is 0 Å². The average molecular weight is 460 g/mol. The zero-order chi connectivity index (χ0) is 23.2. The standard InChI is InChI=1S/C21H25N5O5S/c1-13(2)26-20(27)17-8-6-5-7-16(17)18(22-26)21(28)24-9-11-25(12-10-24)32(29,30)19-14(3)23-31-15(19)4/h5-8,13H,9-12H2,1-4H3. The molecule has 32 heavy (non-hydrogen) atoms. The number of benzene rings is 1. The Hall–Kier alpha value is -3.05. The summed E-state index contributed by atoms with van der Waals surface area (Å²) >= 11 is 0. The van der Waals surface area contributed by atoms with Gasteiger partial charge in [-0.05, 0) is 33.8 Å². The fourth-order valence-corrected chi connectivity index (χ4v) is 5.68. The van der Waals surface area contributed by atoms with Crippen LogP contribution in [0.1, 0.15) is 41.8 Å². The van der Waals surface area contributed by atoms with Gasteiger partial charge in [0.25, 0.3) is 11.5 Å². The summed E-state index contributed by atoms with van der Waals surface area (Å²) in [5, 5.41) is 9.02. The molecule has 1 aliphatic rings. The second kappa shape index (κ2) is 8.14. The predicted molar refractivity (Wildman–Crippen MR) is 117 cm³/mol. The SMILES string of the molecule is Cc1noc(C)c1S(=O)(=O)N1CCN(C(=O)c2nn(C(C)C)c(=O)c3ccccc23)CC1. The number of piperazine rings is 1. The van der Waals surface area contributed by atoms with Crippen LogP contribution in [-0.2, 0) is 10.0 Å². The predicted octanol–water partition coefficient (Wildman–Crippen LogP) is 1.73. The number of aromatic nitrogens is 3. The molecule has 2 aromatic heterocycles. The van der Waals surface area contributed by atoms with Crippen molar-refractivity contribution in [2.75, 3.05) is 26.2 Å². The molecule has 0 N–H and O–H groups in total. The monoisotopic (exact) mass is 459 g/mol. The van der Waals surface area contributed by atoms with Crippen LogP contribution in [0.4, 0.5) is 0 Å². The van der Waals surface area contributed by atoms with Crippen LogP contribution in [0.15, 0.2) is 38.5 Å². The van der Waals surface area contributed by atoms with E-state index in [0.29, 0.717) is 16.5 Å². The highest BCUT2D eigenvalue weighted by Gasteiger charge is 2.35. The molecule has 1 aliphatic heterocycles. The maximum Gasteiger partial charge on any atom is 0.275 e. The molecule has 170 valence electrons. The second-order valence-electron chi connectivity index (χ2n) is 8.09. The number of sulfonamides is 1. The second-order valence-corrected chi connectivity index (χ2v) is 9.96. The largest absolute Gasteiger partial charge is 0.360 e. The first-order valence-corrected chi connectivity index (χ1v) is 11.8. The third-order valence-corrected chi connectivity index (χ3v) is 7.76. The van der Waals surface area contributed by atoms with E-state index in [-0.39, 0.29) is 60.0 Å². The third-order valence-electron chi connectivity index (χ3n) is 5.61. The Bertz CT molecular complexity index is 1330. The number of amides is 1. The van der Waals surface area contributed by atoms with Gasteiger partial charge >= 0.3 is 0 Å². The van der Waals surface area contributed by atoms with E-state index in [1.807, 2.05) is 13.8 Å². The first kappa shape index (κ1) is 22.2. The Morgan fingerprint density at radius 2 is 1.69 bits per heavy atom. The molecule has 11 heteroatoms. The van der Waals surface area contributed by atoms with Crippen molar-refractivity contribution in [3.8, 4) is 0 Å². The van der Waals surface area contributed by atoms with Crippen molar-refractivity contribution in [3.05, 3.63) is 51.8 Å². The van der Waals surface area contributed by atoms with Gasteiger partial charge in [0.05, 0.1) is 11.4 Å². The minimum absolute atomic E-state index is 0.0777. The summed E-state index contributed by atoms with van der Waals surface area (Å²) in [6.07, 6.45) is 0. The zero-order valence-electron chi connectivity index (χ0n) is 18.4. The highest BCUT2D eigenvalue weighted by molar-refractivity contribution is 7.89. The van der Waals surface area contributed by atoms with Crippen LogP contribution in [0.3, 0.4) is 0 Å². The van der Waals surface area contributed by atoms with Crippen molar-refractivity contribution >= 4 is 26.7 Å². The summed E-state index contributed by atoms with van der Waals surface area (Å²) in [7, 11) is -3.77. The number of carbonyl (C=O) groups excluding carboxylic acids is 1. The van der Waals surface area contributed by atoms with Gasteiger partial charge in [-0.3, -0.25) is 9.59 Å². The van der Waals surface area contributed by atoms with Crippen molar-refractivity contribution < 1.29 is 17.7 Å². The van der Waals surface area contributed by atoms with E-state index in [1.54, 1.807) is 43.0 Å². The summed E-state index contributed by atoms with van der Waals surface area (Å²) in [5.74, 6) is -0.0856. The van der Waals surface area contributed by atoms with Crippen molar-refractivity contribution in [1.29, 1.82) is 0 Å². The quantitative estimate of drug-likeness (QED) is 0.583. The summed E-state index contributed by atoms with van der Waals surface area (Å²) < 4.78 is 33.7. The van der Waals surface area contributed by atoms with Gasteiger partial charge in [-0.2, -0.15) is 9.40 Å². The van der Waals surface area contributed by atoms with E-state index in [2.05, 4.69) is 10.3 Å². The van der Waals surface area contributed by atoms with E-state index >= 15 is 0 Å². The molecule has 1 amide bonds. The van der Waals surface area contributed by atoms with E-state index in [0.717, 1.165) is 0 Å². The van der Waals surface area contributed by atoms with Gasteiger partial charge in [-0.1, -0.05) is 23.4 Å². The molecule has 3 heterocycles. The van der Waals surface area contributed by atoms with Gasteiger partial charge in [-0.25, -0.2) is 13.1 Å². The van der Waals surface area contributed by atoms with Crippen molar-refractivity contribution in [2.45, 2.75) is 38.6 Å². The lowest BCUT2D eigenvalue weighted by atomic mass is 10.1. The summed E-state index contributed by atoms with van der Waals surface area (Å²) in [6.45, 7) is 7.50. The molecular weight excluding hydrogens is 434 g/mol. The molecule has 1 aromatic carbocycles. The van der Waals surface area contributed by atoms with Crippen molar-refractivity contribution in [3.63, 3.8) is 0 Å². The maximum atomic E-state index is 13.3. The molecule has 1 saturated heterocycles. The Balaban J connectivity index is 1.62. The third kappa shape index (κ3) is 3.61. The molecule has 0 unspecified atom stereocenters. The van der Waals surface area contributed by atoms with E-state index < -0.39 is 10.0 Å². The van der Waals surface area contributed by atoms with Gasteiger partial charge in [0.1, 0.15) is 10.6 Å². The lowest BCUT2D eigenvalue weighted by Crippen LogP contribution is -2.51. The van der Waals surface area contributed by atoms with Crippen LogP contribution >= 0.6 is 0 Å². The van der Waals surface area contributed by atoms with Crippen LogP contribution in [-0.4, -0.2) is 64.6 Å². The number of fused-ring (bicyclic) bond motifs is 1. The number of nitrogens with zero attached hydrogens (tertiary/aromatic N) is 5. The minimum atomic E-state index is -3.77. The molecule has 3 aromatic rings. The fourth-order valence-electron chi connectivity index (χ4n) is 3.97. The van der Waals surface area contributed by atoms with Crippen LogP contribution < -0.4 is 5.56 Å². The fraction of sp³-hybridized carbons (Fsp3) is 0.429. The first-order valence-electron chi connectivity index (χ1n) is 10.4. The molecule has 0 bridgehead atoms. The molecule has 0 saturated carbocycles. The van der Waals surface area contributed by atoms with Crippen molar-refractivity contribution in [2.24, 2.45) is 0 Å². The normalized spacial score (nSPS) is 15.6. The maximum absolute atomic E-state index is 13.3. The van der Waals surface area contributed by atoms with Gasteiger partial charge in [0.15, 0.2) is 11.5 Å². The molecule has 0 atom stereocenters. The highest BCUT2D eigenvalue weighted by atomic mass is 32.2. The molecular formula is C21H25N5O5S. The summed E-state index contributed by atoms with van der Waals surface area (Å²) in [4.78, 5) is 27.7. The topological polar surface area (TPSA) is 119 Å². The lowest BCUT2D eigenvalue weighted by Gasteiger charge is -2.34. The Labute approximate surface area is 185 Å². The first-order chi connectivity index (χ1) is 15.1. The van der Waals surface area contributed by atoms with E-state index in [4.69, 9.17) is 4.52 Å². The van der Waals surface area contributed by atoms with E-state index in [9.17, 15) is 18.0 Å². The van der Waals surface area contributed by atoms with Crippen molar-refractivity contribution in [1.82, 2.24) is 24.1 Å². The van der Waals surface area contributed by atoms with Crippen LogP contribution in [0.25, 0.3) is 10.8 Å². The van der Waals surface area contributed by atoms with Crippen LogP contribution in [0.2, 0.25) is 0 Å². The number of hydrogen-bond acceptors (Lipinski definition) is 7. The molecule has 0 spiro atoms. The Morgan fingerprint density at radius 3 is 2.25 bits per heavy atom. The number of rotatable bonds is 4. The van der Waals surface area contributed by atoms with Gasteiger partial charge in [-0.15, -0.1) is 0 Å². The smallest absolute Gasteiger partial charge is 0.275 e. The summed E-state index contributed by atoms with van der Waals surface area (Å²) in [6, 6.07) is 6.69. The lowest BCUT2D eigenvalue weighted by molar-refractivity contribution is 0.0691. The number of hydrogen-bond donors (Lipinski definition) is 0. The average Bonchev–Trinajstić information content (AvgIpc) is 3.12.